The Bertz CT molecular complexity index is 686. The highest BCUT2D eigenvalue weighted by Crippen LogP contribution is 2.39. The van der Waals surface area contributed by atoms with Crippen LogP contribution in [0.1, 0.15) is 5.56 Å². The van der Waals surface area contributed by atoms with Crippen LogP contribution < -0.4 is 5.73 Å². The van der Waals surface area contributed by atoms with Crippen molar-refractivity contribution in [2.75, 3.05) is 5.75 Å². The fraction of sp³-hybridized carbons (Fsp3) is 0.267. The van der Waals surface area contributed by atoms with Crippen LogP contribution in [0.15, 0.2) is 41.6 Å². The predicted molar refractivity (Wildman–Crippen MR) is 80.9 cm³/mol. The molecule has 3 rings (SSSR count). The third kappa shape index (κ3) is 2.32. The Kier molecular flexibility index (Phi) is 3.76. The van der Waals surface area contributed by atoms with Gasteiger partial charge in [0.25, 0.3) is 0 Å². The summed E-state index contributed by atoms with van der Waals surface area (Å²) in [6, 6.07) is 8.41. The Morgan fingerprint density at radius 2 is 2.00 bits per heavy atom. The number of carbonyl (C=O) groups is 3. The van der Waals surface area contributed by atoms with Gasteiger partial charge in [-0.25, -0.2) is 4.79 Å². The van der Waals surface area contributed by atoms with Gasteiger partial charge in [0, 0.05) is 17.7 Å². The van der Waals surface area contributed by atoms with E-state index in [9.17, 15) is 19.5 Å². The standard InChI is InChI=1S/C15H14N2O4S/c16-11-13(19)17-12(15(20)21)9(7-22-14(11)17)10(18)6-8-4-2-1-3-5-8/h1-5,11,14H,6-7,16H2,(H,20,21)/t11?,14-/m0/s1. The number of carbonyl (C=O) groups excluding carboxylic acids is 2. The monoisotopic (exact) mass is 318 g/mol. The maximum Gasteiger partial charge on any atom is 0.353 e. The largest absolute Gasteiger partial charge is 0.477 e. The van der Waals surface area contributed by atoms with Crippen molar-refractivity contribution in [3.8, 4) is 0 Å². The Labute approximate surface area is 131 Å². The Hall–Kier alpha value is -2.12. The summed E-state index contributed by atoms with van der Waals surface area (Å²) in [6.07, 6.45) is 0.117. The lowest BCUT2D eigenvalue weighted by Crippen LogP contribution is -2.68. The SMILES string of the molecule is NC1C(=O)N2C(C(=O)O)=C(C(=O)Cc3ccccc3)CS[C@@H]12. The topological polar surface area (TPSA) is 101 Å². The van der Waals surface area contributed by atoms with E-state index >= 15 is 0 Å². The van der Waals surface area contributed by atoms with Gasteiger partial charge in [-0.2, -0.15) is 0 Å². The highest BCUT2D eigenvalue weighted by molar-refractivity contribution is 8.00. The molecular weight excluding hydrogens is 304 g/mol. The Balaban J connectivity index is 1.91. The first kappa shape index (κ1) is 14.8. The lowest BCUT2D eigenvalue weighted by atomic mass is 9.98. The van der Waals surface area contributed by atoms with Crippen LogP contribution in [0.3, 0.4) is 0 Å². The molecule has 1 aromatic rings. The first-order valence-corrected chi connectivity index (χ1v) is 7.79. The van der Waals surface area contributed by atoms with E-state index in [-0.39, 0.29) is 34.6 Å². The van der Waals surface area contributed by atoms with E-state index in [0.717, 1.165) is 10.5 Å². The van der Waals surface area contributed by atoms with Gasteiger partial charge in [0.2, 0.25) is 5.91 Å². The maximum absolute atomic E-state index is 12.4. The van der Waals surface area contributed by atoms with Gasteiger partial charge in [-0.1, -0.05) is 30.3 Å². The van der Waals surface area contributed by atoms with Gasteiger partial charge in [0.15, 0.2) is 5.78 Å². The summed E-state index contributed by atoms with van der Waals surface area (Å²) in [5.74, 6) is -1.72. The molecule has 2 aliphatic heterocycles. The van der Waals surface area contributed by atoms with Gasteiger partial charge in [0.05, 0.1) is 0 Å². The summed E-state index contributed by atoms with van der Waals surface area (Å²) >= 11 is 1.33. The number of ketones is 1. The van der Waals surface area contributed by atoms with Crippen molar-refractivity contribution in [3.05, 3.63) is 47.2 Å². The highest BCUT2D eigenvalue weighted by atomic mass is 32.2. The van der Waals surface area contributed by atoms with Crippen molar-refractivity contribution in [3.63, 3.8) is 0 Å². The molecule has 0 aliphatic carbocycles. The van der Waals surface area contributed by atoms with Crippen molar-refractivity contribution < 1.29 is 19.5 Å². The van der Waals surface area contributed by atoms with E-state index < -0.39 is 17.9 Å². The number of hydrogen-bond donors (Lipinski definition) is 2. The van der Waals surface area contributed by atoms with E-state index in [4.69, 9.17) is 5.73 Å². The molecular formula is C15H14N2O4S. The molecule has 3 N–H and O–H groups in total. The van der Waals surface area contributed by atoms with Crippen LogP contribution in [-0.4, -0.2) is 44.8 Å². The number of nitrogens with zero attached hydrogens (tertiary/aromatic N) is 1. The molecule has 1 fully saturated rings. The van der Waals surface area contributed by atoms with Crippen LogP contribution in [0.25, 0.3) is 0 Å². The number of thioether (sulfide) groups is 1. The van der Waals surface area contributed by atoms with Gasteiger partial charge in [-0.05, 0) is 5.56 Å². The van der Waals surface area contributed by atoms with Crippen molar-refractivity contribution >= 4 is 29.4 Å². The molecule has 1 saturated heterocycles. The summed E-state index contributed by atoms with van der Waals surface area (Å²) in [4.78, 5) is 36.9. The second-order valence-electron chi connectivity index (χ2n) is 5.15. The van der Waals surface area contributed by atoms with Crippen LogP contribution >= 0.6 is 11.8 Å². The van der Waals surface area contributed by atoms with Crippen LogP contribution in [0.5, 0.6) is 0 Å². The number of rotatable bonds is 4. The molecule has 7 heteroatoms. The molecule has 1 amide bonds. The van der Waals surface area contributed by atoms with Gasteiger partial charge in [-0.3, -0.25) is 14.5 Å². The number of benzene rings is 1. The maximum atomic E-state index is 12.4. The fourth-order valence-electron chi connectivity index (χ4n) is 2.62. The average molecular weight is 318 g/mol. The number of carboxylic acid groups (broad SMARTS) is 1. The molecule has 2 heterocycles. The molecule has 0 saturated carbocycles. The second-order valence-corrected chi connectivity index (χ2v) is 6.26. The van der Waals surface area contributed by atoms with E-state index in [1.807, 2.05) is 30.3 Å². The smallest absolute Gasteiger partial charge is 0.353 e. The normalized spacial score (nSPS) is 23.9. The quantitative estimate of drug-likeness (QED) is 0.778. The van der Waals surface area contributed by atoms with Crippen molar-refractivity contribution in [1.29, 1.82) is 0 Å². The summed E-state index contributed by atoms with van der Waals surface area (Å²) in [5.41, 5.74) is 6.45. The summed E-state index contributed by atoms with van der Waals surface area (Å²) in [7, 11) is 0. The van der Waals surface area contributed by atoms with E-state index in [1.54, 1.807) is 0 Å². The molecule has 22 heavy (non-hydrogen) atoms. The molecule has 2 atom stereocenters. The van der Waals surface area contributed by atoms with E-state index in [2.05, 4.69) is 0 Å². The summed E-state index contributed by atoms with van der Waals surface area (Å²) < 4.78 is 0. The molecule has 0 spiro atoms. The predicted octanol–water partition coefficient (Wildman–Crippen LogP) is 0.379. The van der Waals surface area contributed by atoms with Gasteiger partial charge >= 0.3 is 5.97 Å². The molecule has 1 aromatic carbocycles. The number of hydrogen-bond acceptors (Lipinski definition) is 5. The first-order chi connectivity index (χ1) is 10.5. The number of fused-ring (bicyclic) bond motifs is 1. The molecule has 0 radical (unpaired) electrons. The summed E-state index contributed by atoms with van der Waals surface area (Å²) in [6.45, 7) is 0. The van der Waals surface area contributed by atoms with E-state index in [1.165, 1.54) is 11.8 Å². The fourth-order valence-corrected chi connectivity index (χ4v) is 3.93. The minimum atomic E-state index is -1.26. The van der Waals surface area contributed by atoms with Gasteiger partial charge in [0.1, 0.15) is 17.1 Å². The minimum Gasteiger partial charge on any atom is -0.477 e. The highest BCUT2D eigenvalue weighted by Gasteiger charge is 2.52. The van der Waals surface area contributed by atoms with Gasteiger partial charge < -0.3 is 10.8 Å². The zero-order valence-corrected chi connectivity index (χ0v) is 12.4. The lowest BCUT2D eigenvalue weighted by Gasteiger charge is -2.47. The molecule has 2 aliphatic rings. The zero-order valence-electron chi connectivity index (χ0n) is 11.6. The van der Waals surface area contributed by atoms with Gasteiger partial charge in [-0.15, -0.1) is 11.8 Å². The van der Waals surface area contributed by atoms with Crippen molar-refractivity contribution in [2.45, 2.75) is 17.8 Å². The van der Waals surface area contributed by atoms with Crippen molar-refractivity contribution in [1.82, 2.24) is 4.90 Å². The number of aliphatic carboxylic acids is 1. The molecule has 0 aromatic heterocycles. The Morgan fingerprint density at radius 3 is 2.64 bits per heavy atom. The molecule has 6 nitrogen and oxygen atoms in total. The number of Topliss-reactive ketones (excluding diaryl/α,β-unsaturated/α-hetero) is 1. The van der Waals surface area contributed by atoms with Crippen LogP contribution in [0.2, 0.25) is 0 Å². The third-order valence-electron chi connectivity index (χ3n) is 3.76. The first-order valence-electron chi connectivity index (χ1n) is 6.74. The van der Waals surface area contributed by atoms with Crippen LogP contribution in [-0.2, 0) is 20.8 Å². The third-order valence-corrected chi connectivity index (χ3v) is 5.06. The van der Waals surface area contributed by atoms with Crippen molar-refractivity contribution in [2.24, 2.45) is 5.73 Å². The number of nitrogens with two attached hydrogens (primary N) is 1. The molecule has 1 unspecified atom stereocenters. The molecule has 114 valence electrons. The Morgan fingerprint density at radius 1 is 1.32 bits per heavy atom. The average Bonchev–Trinajstić information content (AvgIpc) is 2.53. The number of amides is 1. The second kappa shape index (κ2) is 5.58. The number of carboxylic acids is 1. The van der Waals surface area contributed by atoms with Crippen LogP contribution in [0.4, 0.5) is 0 Å². The van der Waals surface area contributed by atoms with E-state index in [0.29, 0.717) is 0 Å². The summed E-state index contributed by atoms with van der Waals surface area (Å²) in [5, 5.41) is 9.01. The minimum absolute atomic E-state index is 0.117. The van der Waals surface area contributed by atoms with Crippen LogP contribution in [0, 0.1) is 0 Å². The lowest BCUT2D eigenvalue weighted by molar-refractivity contribution is -0.148. The zero-order chi connectivity index (χ0) is 15.9. The number of β-lactam (4-membered cyclic amide) rings is 1. The molecule has 0 bridgehead atoms.